The van der Waals surface area contributed by atoms with Gasteiger partial charge < -0.3 is 14.2 Å². The Balaban J connectivity index is 1.47. The van der Waals surface area contributed by atoms with Gasteiger partial charge in [-0.15, -0.1) is 10.2 Å². The van der Waals surface area contributed by atoms with E-state index in [-0.39, 0.29) is 5.60 Å². The molecule has 2 saturated heterocycles. The zero-order chi connectivity index (χ0) is 16.6. The Labute approximate surface area is 145 Å². The Hall–Kier alpha value is -1.51. The van der Waals surface area contributed by atoms with Crippen LogP contribution < -0.4 is 4.90 Å². The summed E-state index contributed by atoms with van der Waals surface area (Å²) in [6.45, 7) is 9.44. The second kappa shape index (κ2) is 6.42. The minimum Gasteiger partial charge on any atom is -0.370 e. The first kappa shape index (κ1) is 16.0. The van der Waals surface area contributed by atoms with E-state index in [0.29, 0.717) is 0 Å². The third-order valence-corrected chi connectivity index (χ3v) is 5.80. The van der Waals surface area contributed by atoms with Crippen molar-refractivity contribution in [3.05, 3.63) is 22.5 Å². The fourth-order valence-electron chi connectivity index (χ4n) is 3.84. The molecule has 2 aromatic heterocycles. The first-order valence-electron chi connectivity index (χ1n) is 8.44. The van der Waals surface area contributed by atoms with Gasteiger partial charge in [-0.05, 0) is 33.2 Å². The second-order valence-electron chi connectivity index (χ2n) is 6.79. The van der Waals surface area contributed by atoms with Gasteiger partial charge in [-0.3, -0.25) is 4.90 Å². The predicted molar refractivity (Wildman–Crippen MR) is 91.3 cm³/mol. The topological polar surface area (TPSA) is 67.5 Å². The largest absolute Gasteiger partial charge is 0.370 e. The van der Waals surface area contributed by atoms with Gasteiger partial charge in [0.15, 0.2) is 0 Å². The van der Waals surface area contributed by atoms with Gasteiger partial charge in [0, 0.05) is 25.2 Å². The van der Waals surface area contributed by atoms with Crippen LogP contribution in [0.3, 0.4) is 0 Å². The number of hydrogen-bond acceptors (Lipinski definition) is 8. The van der Waals surface area contributed by atoms with Gasteiger partial charge in [0.2, 0.25) is 5.13 Å². The van der Waals surface area contributed by atoms with Crippen LogP contribution in [-0.2, 0) is 11.3 Å². The number of aryl methyl sites for hydroxylation is 2. The molecule has 0 aliphatic carbocycles. The molecule has 1 spiro atoms. The van der Waals surface area contributed by atoms with E-state index in [1.807, 2.05) is 13.8 Å². The molecule has 130 valence electrons. The summed E-state index contributed by atoms with van der Waals surface area (Å²) >= 11 is 1.60. The Bertz CT molecular complexity index is 665. The SMILES string of the molecule is Cc1noc(C)c1CN1CCC[C@]2(C1)CN(c1nncs1)CCO2. The molecule has 1 atom stereocenters. The maximum absolute atomic E-state index is 6.28. The lowest BCUT2D eigenvalue weighted by Crippen LogP contribution is -2.59. The summed E-state index contributed by atoms with van der Waals surface area (Å²) in [5.41, 5.74) is 3.89. The molecule has 0 radical (unpaired) electrons. The number of rotatable bonds is 3. The molecule has 24 heavy (non-hydrogen) atoms. The van der Waals surface area contributed by atoms with Crippen molar-refractivity contribution >= 4 is 16.5 Å². The third kappa shape index (κ3) is 3.05. The minimum atomic E-state index is -0.110. The Morgan fingerprint density at radius 1 is 1.29 bits per heavy atom. The number of hydrogen-bond donors (Lipinski definition) is 0. The highest BCUT2D eigenvalue weighted by Crippen LogP contribution is 2.32. The minimum absolute atomic E-state index is 0.110. The second-order valence-corrected chi connectivity index (χ2v) is 7.60. The number of anilines is 1. The van der Waals surface area contributed by atoms with E-state index in [1.165, 1.54) is 5.56 Å². The van der Waals surface area contributed by atoms with Crippen molar-refractivity contribution in [3.63, 3.8) is 0 Å². The zero-order valence-corrected chi connectivity index (χ0v) is 15.0. The van der Waals surface area contributed by atoms with Crippen molar-refractivity contribution in [2.24, 2.45) is 0 Å². The van der Waals surface area contributed by atoms with Crippen molar-refractivity contribution in [3.8, 4) is 0 Å². The first-order chi connectivity index (χ1) is 11.7. The van der Waals surface area contributed by atoms with Crippen molar-refractivity contribution in [1.82, 2.24) is 20.3 Å². The lowest BCUT2D eigenvalue weighted by molar-refractivity contribution is -0.0986. The smallest absolute Gasteiger partial charge is 0.208 e. The molecule has 0 N–H and O–H groups in total. The first-order valence-corrected chi connectivity index (χ1v) is 9.32. The van der Waals surface area contributed by atoms with E-state index in [0.717, 1.165) is 68.8 Å². The summed E-state index contributed by atoms with van der Waals surface area (Å²) in [4.78, 5) is 4.79. The zero-order valence-electron chi connectivity index (χ0n) is 14.2. The average molecular weight is 349 g/mol. The quantitative estimate of drug-likeness (QED) is 0.840. The molecule has 4 heterocycles. The Kier molecular flexibility index (Phi) is 4.28. The van der Waals surface area contributed by atoms with Crippen LogP contribution in [0.15, 0.2) is 10.0 Å². The predicted octanol–water partition coefficient (Wildman–Crippen LogP) is 2.01. The normalized spacial score (nSPS) is 25.5. The molecule has 0 amide bonds. The van der Waals surface area contributed by atoms with Crippen LogP contribution in [0.2, 0.25) is 0 Å². The summed E-state index contributed by atoms with van der Waals surface area (Å²) in [6, 6.07) is 0. The highest BCUT2D eigenvalue weighted by Gasteiger charge is 2.41. The van der Waals surface area contributed by atoms with Crippen molar-refractivity contribution in [2.75, 3.05) is 37.7 Å². The molecule has 0 aromatic carbocycles. The van der Waals surface area contributed by atoms with Crippen molar-refractivity contribution < 1.29 is 9.26 Å². The third-order valence-electron chi connectivity index (χ3n) is 5.05. The van der Waals surface area contributed by atoms with Gasteiger partial charge in [-0.1, -0.05) is 16.5 Å². The van der Waals surface area contributed by atoms with Gasteiger partial charge in [0.1, 0.15) is 11.3 Å². The molecule has 2 aliphatic rings. The van der Waals surface area contributed by atoms with Crippen LogP contribution in [0.5, 0.6) is 0 Å². The number of aromatic nitrogens is 3. The van der Waals surface area contributed by atoms with Crippen LogP contribution in [0, 0.1) is 13.8 Å². The number of likely N-dealkylation sites (tertiary alicyclic amines) is 1. The van der Waals surface area contributed by atoms with Gasteiger partial charge in [0.05, 0.1) is 24.4 Å². The fraction of sp³-hybridized carbons (Fsp3) is 0.688. The molecule has 2 fully saturated rings. The number of ether oxygens (including phenoxy) is 1. The number of piperidine rings is 1. The summed E-state index contributed by atoms with van der Waals surface area (Å²) in [7, 11) is 0. The summed E-state index contributed by atoms with van der Waals surface area (Å²) < 4.78 is 11.6. The molecule has 8 heteroatoms. The maximum atomic E-state index is 6.28. The number of nitrogens with zero attached hydrogens (tertiary/aromatic N) is 5. The molecule has 0 unspecified atom stereocenters. The van der Waals surface area contributed by atoms with E-state index in [9.17, 15) is 0 Å². The van der Waals surface area contributed by atoms with Gasteiger partial charge >= 0.3 is 0 Å². The monoisotopic (exact) mass is 349 g/mol. The summed E-state index contributed by atoms with van der Waals surface area (Å²) in [6.07, 6.45) is 2.24. The van der Waals surface area contributed by atoms with E-state index >= 15 is 0 Å². The van der Waals surface area contributed by atoms with Crippen LogP contribution in [0.4, 0.5) is 5.13 Å². The van der Waals surface area contributed by atoms with Crippen molar-refractivity contribution in [1.29, 1.82) is 0 Å². The van der Waals surface area contributed by atoms with Crippen molar-refractivity contribution in [2.45, 2.75) is 38.8 Å². The molecule has 0 bridgehead atoms. The molecule has 4 rings (SSSR count). The van der Waals surface area contributed by atoms with E-state index in [4.69, 9.17) is 9.26 Å². The lowest BCUT2D eigenvalue weighted by Gasteiger charge is -2.48. The highest BCUT2D eigenvalue weighted by molar-refractivity contribution is 7.13. The van der Waals surface area contributed by atoms with E-state index in [2.05, 4.69) is 25.2 Å². The van der Waals surface area contributed by atoms with Crippen LogP contribution in [0.25, 0.3) is 0 Å². The molecule has 7 nitrogen and oxygen atoms in total. The average Bonchev–Trinajstić information content (AvgIpc) is 3.21. The van der Waals surface area contributed by atoms with Gasteiger partial charge in [-0.25, -0.2) is 0 Å². The molecule has 0 saturated carbocycles. The Morgan fingerprint density at radius 3 is 2.96 bits per heavy atom. The molecular weight excluding hydrogens is 326 g/mol. The summed E-state index contributed by atoms with van der Waals surface area (Å²) in [5.74, 6) is 0.923. The molecular formula is C16H23N5O2S. The molecule has 2 aromatic rings. The number of morpholine rings is 1. The maximum Gasteiger partial charge on any atom is 0.208 e. The Morgan fingerprint density at radius 2 is 2.21 bits per heavy atom. The van der Waals surface area contributed by atoms with Crippen LogP contribution in [-0.4, -0.2) is 58.6 Å². The molecule has 2 aliphatic heterocycles. The van der Waals surface area contributed by atoms with E-state index in [1.54, 1.807) is 16.8 Å². The highest BCUT2D eigenvalue weighted by atomic mass is 32.1. The van der Waals surface area contributed by atoms with Gasteiger partial charge in [0.25, 0.3) is 0 Å². The van der Waals surface area contributed by atoms with E-state index < -0.39 is 0 Å². The lowest BCUT2D eigenvalue weighted by atomic mass is 9.90. The van der Waals surface area contributed by atoms with Crippen LogP contribution in [0.1, 0.15) is 29.9 Å². The fourth-order valence-corrected chi connectivity index (χ4v) is 4.42. The van der Waals surface area contributed by atoms with Crippen LogP contribution >= 0.6 is 11.3 Å². The standard InChI is InChI=1S/C16H23N5O2S/c1-12-14(13(2)23-19-12)8-20-5-3-4-16(9-20)10-21(6-7-22-16)15-18-17-11-24-15/h11H,3-10H2,1-2H3/t16-/m0/s1. The van der Waals surface area contributed by atoms with Gasteiger partial charge in [-0.2, -0.15) is 0 Å². The summed E-state index contributed by atoms with van der Waals surface area (Å²) in [5, 5.41) is 13.3.